The summed E-state index contributed by atoms with van der Waals surface area (Å²) in [5, 5.41) is 0.223. The van der Waals surface area contributed by atoms with E-state index in [-0.39, 0.29) is 60.2 Å². The molecule has 0 heterocycles. The van der Waals surface area contributed by atoms with Crippen molar-refractivity contribution < 1.29 is 13.0 Å². The Morgan fingerprint density at radius 2 is 1.17 bits per heavy atom. The Bertz CT molecular complexity index is 570. The van der Waals surface area contributed by atoms with Crippen molar-refractivity contribution in [3.05, 3.63) is 36.1 Å². The molecule has 0 spiro atoms. The number of hydrogen-bond acceptors (Lipinski definition) is 2. The molecule has 0 aromatic heterocycles. The molecule has 0 aliphatic rings. The van der Waals surface area contributed by atoms with Gasteiger partial charge in [0.15, 0.2) is 0 Å². The molecule has 1 rings (SSSR count). The summed E-state index contributed by atoms with van der Waals surface area (Å²) in [5.74, 6) is 0. The summed E-state index contributed by atoms with van der Waals surface area (Å²) in [6.45, 7) is 0. The van der Waals surface area contributed by atoms with E-state index >= 15 is 0 Å². The van der Waals surface area contributed by atoms with Gasteiger partial charge in [-0.2, -0.15) is 8.42 Å². The predicted molar refractivity (Wildman–Crippen MR) is 79.2 cm³/mol. The van der Waals surface area contributed by atoms with Crippen molar-refractivity contribution in [1.29, 1.82) is 0 Å². The number of benzene rings is 1. The van der Waals surface area contributed by atoms with Gasteiger partial charge in [0, 0.05) is 5.56 Å². The summed E-state index contributed by atoms with van der Waals surface area (Å²) in [4.78, 5) is 0. The van der Waals surface area contributed by atoms with Crippen molar-refractivity contribution >= 4 is 104 Å². The first-order chi connectivity index (χ1) is 7.65. The molecule has 18 heavy (non-hydrogen) atoms. The van der Waals surface area contributed by atoms with Gasteiger partial charge >= 0.3 is 29.6 Å². The minimum atomic E-state index is -4.31. The Hall–Kier alpha value is 1.32. The molecule has 0 aliphatic carbocycles. The van der Waals surface area contributed by atoms with E-state index in [2.05, 4.69) is 0 Å². The van der Waals surface area contributed by atoms with Gasteiger partial charge in [0.2, 0.25) is 0 Å². The van der Waals surface area contributed by atoms with Crippen molar-refractivity contribution in [2.45, 2.75) is 0 Å². The zero-order valence-electron chi connectivity index (χ0n) is 7.72. The van der Waals surface area contributed by atoms with Crippen LogP contribution in [0.3, 0.4) is 0 Å². The van der Waals surface area contributed by atoms with Crippen molar-refractivity contribution in [3.8, 4) is 0 Å². The van der Waals surface area contributed by atoms with Crippen molar-refractivity contribution in [2.24, 2.45) is 0 Å². The first-order valence-corrected chi connectivity index (χ1v) is 7.21. The van der Waals surface area contributed by atoms with Crippen LogP contribution >= 0.6 is 58.0 Å². The molecule has 0 radical (unpaired) electrons. The number of rotatable bonds is 2. The molecule has 0 saturated carbocycles. The van der Waals surface area contributed by atoms with Gasteiger partial charge in [0.25, 0.3) is 10.1 Å². The van der Waals surface area contributed by atoms with E-state index in [1.165, 1.54) is 0 Å². The van der Waals surface area contributed by atoms with Crippen LogP contribution in [0.15, 0.2) is 5.41 Å². The molecular weight excluding hydrogens is 376 g/mol. The van der Waals surface area contributed by atoms with E-state index in [1.807, 2.05) is 0 Å². The summed E-state index contributed by atoms with van der Waals surface area (Å²) in [6.07, 6.45) is 0.966. The third-order valence-corrected chi connectivity index (χ3v) is 4.44. The molecule has 1 aromatic carbocycles. The van der Waals surface area contributed by atoms with Gasteiger partial charge in [0.05, 0.1) is 30.5 Å². The second-order valence-electron chi connectivity index (χ2n) is 2.80. The molecule has 96 valence electrons. The summed E-state index contributed by atoms with van der Waals surface area (Å²) in [6, 6.07) is 0. The first kappa shape index (κ1) is 19.3. The summed E-state index contributed by atoms with van der Waals surface area (Å²) >= 11 is 28.9. The predicted octanol–water partition coefficient (Wildman–Crippen LogP) is 4.16. The molecule has 1 aromatic rings. The Kier molecular flexibility index (Phi) is 7.90. The second kappa shape index (κ2) is 7.36. The van der Waals surface area contributed by atoms with E-state index in [0.29, 0.717) is 5.41 Å². The van der Waals surface area contributed by atoms with Crippen LogP contribution in [-0.2, 0) is 10.1 Å². The fourth-order valence-electron chi connectivity index (χ4n) is 0.922. The van der Waals surface area contributed by atoms with Crippen LogP contribution in [0, 0.1) is 0 Å². The van der Waals surface area contributed by atoms with Gasteiger partial charge in [0.1, 0.15) is 0 Å². The zero-order chi connectivity index (χ0) is 13.4. The summed E-state index contributed by atoms with van der Waals surface area (Å²) in [7, 11) is -4.31. The molecule has 0 atom stereocenters. The standard InChI is InChI=1S/C8H3Cl5O3S.Na.H/c9-4-3(1-2-17(14,15)16)5(10)7(12)8(13)6(4)11;;/h1-2H,(H,14,15,16);;. The normalized spacial score (nSPS) is 11.7. The van der Waals surface area contributed by atoms with Crippen molar-refractivity contribution in [1.82, 2.24) is 0 Å². The quantitative estimate of drug-likeness (QED) is 0.363. The second-order valence-corrected chi connectivity index (χ2v) is 5.99. The van der Waals surface area contributed by atoms with Crippen molar-refractivity contribution in [2.75, 3.05) is 0 Å². The number of hydrogen-bond donors (Lipinski definition) is 1. The Labute approximate surface area is 151 Å². The van der Waals surface area contributed by atoms with E-state index < -0.39 is 10.1 Å². The van der Waals surface area contributed by atoms with E-state index in [1.54, 1.807) is 0 Å². The molecule has 0 aliphatic heterocycles. The molecular formula is C8H4Cl5NaO3S. The van der Waals surface area contributed by atoms with Crippen LogP contribution in [0.1, 0.15) is 5.56 Å². The fourth-order valence-corrected chi connectivity index (χ4v) is 2.51. The van der Waals surface area contributed by atoms with Gasteiger partial charge in [-0.15, -0.1) is 0 Å². The van der Waals surface area contributed by atoms with E-state index in [0.717, 1.165) is 6.08 Å². The average molecular weight is 380 g/mol. The van der Waals surface area contributed by atoms with Crippen LogP contribution in [0.25, 0.3) is 6.08 Å². The Balaban J connectivity index is 0.00000289. The van der Waals surface area contributed by atoms with Gasteiger partial charge in [-0.25, -0.2) is 0 Å². The van der Waals surface area contributed by atoms with Gasteiger partial charge in [-0.3, -0.25) is 4.55 Å². The maximum absolute atomic E-state index is 10.6. The minimum absolute atomic E-state index is 0. The molecule has 0 amide bonds. The molecule has 0 unspecified atom stereocenters. The molecule has 1 N–H and O–H groups in total. The van der Waals surface area contributed by atoms with Crippen LogP contribution in [0.5, 0.6) is 0 Å². The molecule has 3 nitrogen and oxygen atoms in total. The van der Waals surface area contributed by atoms with Crippen LogP contribution in [0.4, 0.5) is 0 Å². The topological polar surface area (TPSA) is 54.4 Å². The summed E-state index contributed by atoms with van der Waals surface area (Å²) in [5.41, 5.74) is 0.0466. The molecule has 10 heteroatoms. The Morgan fingerprint density at radius 1 is 0.833 bits per heavy atom. The van der Waals surface area contributed by atoms with Crippen LogP contribution < -0.4 is 0 Å². The van der Waals surface area contributed by atoms with Crippen molar-refractivity contribution in [3.63, 3.8) is 0 Å². The van der Waals surface area contributed by atoms with Crippen LogP contribution in [0.2, 0.25) is 25.1 Å². The van der Waals surface area contributed by atoms with Gasteiger partial charge in [-0.05, 0) is 6.08 Å². The van der Waals surface area contributed by atoms with Gasteiger partial charge in [-0.1, -0.05) is 58.0 Å². The first-order valence-electron chi connectivity index (χ1n) is 3.82. The maximum atomic E-state index is 10.6. The van der Waals surface area contributed by atoms with E-state index in [4.69, 9.17) is 62.6 Å². The SMILES string of the molecule is O=S(=O)(O)C=Cc1c(Cl)c(Cl)c(Cl)c(Cl)c1Cl.[NaH]. The summed E-state index contributed by atoms with van der Waals surface area (Å²) < 4.78 is 29.7. The average Bonchev–Trinajstić information content (AvgIpc) is 2.22. The molecule has 0 bridgehead atoms. The Morgan fingerprint density at radius 3 is 1.50 bits per heavy atom. The molecule has 0 saturated heterocycles. The monoisotopic (exact) mass is 378 g/mol. The van der Waals surface area contributed by atoms with E-state index in [9.17, 15) is 8.42 Å². The third kappa shape index (κ3) is 4.70. The van der Waals surface area contributed by atoms with Gasteiger partial charge < -0.3 is 0 Å². The fraction of sp³-hybridized carbons (Fsp3) is 0. The number of halogens is 5. The zero-order valence-corrected chi connectivity index (χ0v) is 12.3. The molecule has 0 fully saturated rings. The third-order valence-electron chi connectivity index (χ3n) is 1.65. The van der Waals surface area contributed by atoms with Crippen LogP contribution in [-0.4, -0.2) is 42.5 Å².